The standard InChI is InChI=1S/C18H22N2O2/c1-14(2)10-18(21)20(13-15-6-5-9-19-12-15)16-7-4-8-17(11-16)22-3/h4-9,11-12,14H,10,13H2,1-3H3. The van der Waals surface area contributed by atoms with E-state index in [4.69, 9.17) is 4.74 Å². The number of rotatable bonds is 6. The van der Waals surface area contributed by atoms with Crippen molar-refractivity contribution in [2.24, 2.45) is 5.92 Å². The number of aromatic nitrogens is 1. The number of carbonyl (C=O) groups is 1. The van der Waals surface area contributed by atoms with Crippen molar-refractivity contribution in [3.05, 3.63) is 54.4 Å². The van der Waals surface area contributed by atoms with Crippen molar-refractivity contribution in [2.45, 2.75) is 26.8 Å². The molecule has 1 heterocycles. The third-order valence-electron chi connectivity index (χ3n) is 3.31. The van der Waals surface area contributed by atoms with Gasteiger partial charge in [0, 0.05) is 30.6 Å². The molecule has 2 aromatic rings. The van der Waals surface area contributed by atoms with E-state index in [1.807, 2.05) is 50.2 Å². The van der Waals surface area contributed by atoms with E-state index < -0.39 is 0 Å². The third-order valence-corrected chi connectivity index (χ3v) is 3.31. The maximum atomic E-state index is 12.6. The molecular formula is C18H22N2O2. The minimum Gasteiger partial charge on any atom is -0.497 e. The normalized spacial score (nSPS) is 10.5. The minimum absolute atomic E-state index is 0.104. The molecule has 2 rings (SSSR count). The minimum atomic E-state index is 0.104. The van der Waals surface area contributed by atoms with E-state index in [0.29, 0.717) is 18.9 Å². The fourth-order valence-corrected chi connectivity index (χ4v) is 2.24. The molecule has 0 atom stereocenters. The van der Waals surface area contributed by atoms with E-state index in [1.54, 1.807) is 24.4 Å². The lowest BCUT2D eigenvalue weighted by Crippen LogP contribution is -2.31. The summed E-state index contributed by atoms with van der Waals surface area (Å²) in [4.78, 5) is 18.5. The molecule has 4 heteroatoms. The van der Waals surface area contributed by atoms with E-state index in [0.717, 1.165) is 17.0 Å². The molecule has 0 fully saturated rings. The number of pyridine rings is 1. The second-order valence-electron chi connectivity index (χ2n) is 5.64. The van der Waals surface area contributed by atoms with Crippen LogP contribution in [-0.4, -0.2) is 18.0 Å². The summed E-state index contributed by atoms with van der Waals surface area (Å²) in [6, 6.07) is 11.4. The number of benzene rings is 1. The highest BCUT2D eigenvalue weighted by Crippen LogP contribution is 2.24. The molecule has 0 radical (unpaired) electrons. The molecule has 1 aromatic carbocycles. The lowest BCUT2D eigenvalue weighted by Gasteiger charge is -2.24. The first-order valence-corrected chi connectivity index (χ1v) is 7.43. The number of anilines is 1. The van der Waals surface area contributed by atoms with Crippen molar-refractivity contribution in [3.63, 3.8) is 0 Å². The highest BCUT2D eigenvalue weighted by Gasteiger charge is 2.18. The molecule has 22 heavy (non-hydrogen) atoms. The number of methoxy groups -OCH3 is 1. The highest BCUT2D eigenvalue weighted by atomic mass is 16.5. The second-order valence-corrected chi connectivity index (χ2v) is 5.64. The van der Waals surface area contributed by atoms with E-state index in [1.165, 1.54) is 0 Å². The molecule has 4 nitrogen and oxygen atoms in total. The summed E-state index contributed by atoms with van der Waals surface area (Å²) < 4.78 is 5.27. The quantitative estimate of drug-likeness (QED) is 0.817. The van der Waals surface area contributed by atoms with Crippen LogP contribution >= 0.6 is 0 Å². The van der Waals surface area contributed by atoms with Gasteiger partial charge >= 0.3 is 0 Å². The first kappa shape index (κ1) is 16.0. The van der Waals surface area contributed by atoms with Crippen LogP contribution in [-0.2, 0) is 11.3 Å². The number of hydrogen-bond acceptors (Lipinski definition) is 3. The summed E-state index contributed by atoms with van der Waals surface area (Å²) in [6.45, 7) is 4.60. The summed E-state index contributed by atoms with van der Waals surface area (Å²) in [5, 5.41) is 0. The van der Waals surface area contributed by atoms with Crippen molar-refractivity contribution >= 4 is 11.6 Å². The number of hydrogen-bond donors (Lipinski definition) is 0. The van der Waals surface area contributed by atoms with Gasteiger partial charge in [-0.2, -0.15) is 0 Å². The molecule has 0 saturated heterocycles. The smallest absolute Gasteiger partial charge is 0.227 e. The maximum absolute atomic E-state index is 12.6. The Kier molecular flexibility index (Phi) is 5.53. The van der Waals surface area contributed by atoms with Crippen LogP contribution in [0.25, 0.3) is 0 Å². The van der Waals surface area contributed by atoms with Crippen LogP contribution in [0.3, 0.4) is 0 Å². The Labute approximate surface area is 131 Å². The molecular weight excluding hydrogens is 276 g/mol. The van der Waals surface area contributed by atoms with Crippen LogP contribution in [0.2, 0.25) is 0 Å². The zero-order valence-electron chi connectivity index (χ0n) is 13.3. The van der Waals surface area contributed by atoms with Gasteiger partial charge in [0.25, 0.3) is 0 Å². The van der Waals surface area contributed by atoms with Gasteiger partial charge in [0.1, 0.15) is 5.75 Å². The van der Waals surface area contributed by atoms with Gasteiger partial charge < -0.3 is 9.64 Å². The summed E-state index contributed by atoms with van der Waals surface area (Å²) >= 11 is 0. The summed E-state index contributed by atoms with van der Waals surface area (Å²) in [7, 11) is 1.63. The van der Waals surface area contributed by atoms with Gasteiger partial charge in [0.15, 0.2) is 0 Å². The fourth-order valence-electron chi connectivity index (χ4n) is 2.24. The lowest BCUT2D eigenvalue weighted by molar-refractivity contribution is -0.119. The lowest BCUT2D eigenvalue weighted by atomic mass is 10.1. The maximum Gasteiger partial charge on any atom is 0.227 e. The van der Waals surface area contributed by atoms with Crippen molar-refractivity contribution in [1.82, 2.24) is 4.98 Å². The van der Waals surface area contributed by atoms with Crippen LogP contribution in [0.4, 0.5) is 5.69 Å². The Balaban J connectivity index is 2.29. The van der Waals surface area contributed by atoms with Gasteiger partial charge in [-0.15, -0.1) is 0 Å². The molecule has 0 aliphatic heterocycles. The van der Waals surface area contributed by atoms with Gasteiger partial charge in [-0.3, -0.25) is 9.78 Å². The van der Waals surface area contributed by atoms with Crippen LogP contribution in [0.5, 0.6) is 5.75 Å². The Morgan fingerprint density at radius 2 is 2.09 bits per heavy atom. The molecule has 0 aliphatic rings. The Bertz CT molecular complexity index is 611. The Morgan fingerprint density at radius 1 is 1.27 bits per heavy atom. The SMILES string of the molecule is COc1cccc(N(Cc2cccnc2)C(=O)CC(C)C)c1. The van der Waals surface area contributed by atoms with E-state index in [2.05, 4.69) is 4.98 Å². The summed E-state index contributed by atoms with van der Waals surface area (Å²) in [5.41, 5.74) is 1.84. The third kappa shape index (κ3) is 4.32. The van der Waals surface area contributed by atoms with Crippen LogP contribution in [0, 0.1) is 5.92 Å². The van der Waals surface area contributed by atoms with Crippen molar-refractivity contribution in [3.8, 4) is 5.75 Å². The molecule has 1 amide bonds. The van der Waals surface area contributed by atoms with Crippen molar-refractivity contribution in [2.75, 3.05) is 12.0 Å². The van der Waals surface area contributed by atoms with Gasteiger partial charge in [-0.1, -0.05) is 26.0 Å². The predicted octanol–water partition coefficient (Wildman–Crippen LogP) is 3.67. The van der Waals surface area contributed by atoms with Crippen LogP contribution < -0.4 is 9.64 Å². The number of carbonyl (C=O) groups excluding carboxylic acids is 1. The second kappa shape index (κ2) is 7.59. The van der Waals surface area contributed by atoms with E-state index in [-0.39, 0.29) is 5.91 Å². The van der Waals surface area contributed by atoms with E-state index in [9.17, 15) is 4.79 Å². The zero-order valence-corrected chi connectivity index (χ0v) is 13.3. The average molecular weight is 298 g/mol. The van der Waals surface area contributed by atoms with Crippen LogP contribution in [0.15, 0.2) is 48.8 Å². The molecule has 0 aliphatic carbocycles. The van der Waals surface area contributed by atoms with Gasteiger partial charge in [-0.05, 0) is 29.7 Å². The molecule has 0 spiro atoms. The molecule has 0 saturated carbocycles. The van der Waals surface area contributed by atoms with Crippen LogP contribution in [0.1, 0.15) is 25.8 Å². The average Bonchev–Trinajstić information content (AvgIpc) is 2.53. The van der Waals surface area contributed by atoms with E-state index >= 15 is 0 Å². The Hall–Kier alpha value is -2.36. The predicted molar refractivity (Wildman–Crippen MR) is 87.9 cm³/mol. The molecule has 0 bridgehead atoms. The number of ether oxygens (including phenoxy) is 1. The first-order chi connectivity index (χ1) is 10.6. The molecule has 0 unspecified atom stereocenters. The fraction of sp³-hybridized carbons (Fsp3) is 0.333. The largest absolute Gasteiger partial charge is 0.497 e. The zero-order chi connectivity index (χ0) is 15.9. The first-order valence-electron chi connectivity index (χ1n) is 7.43. The molecule has 116 valence electrons. The van der Waals surface area contributed by atoms with Crippen molar-refractivity contribution < 1.29 is 9.53 Å². The van der Waals surface area contributed by atoms with Crippen molar-refractivity contribution in [1.29, 1.82) is 0 Å². The number of amides is 1. The van der Waals surface area contributed by atoms with Gasteiger partial charge in [0.2, 0.25) is 5.91 Å². The Morgan fingerprint density at radius 3 is 2.73 bits per heavy atom. The molecule has 1 aromatic heterocycles. The topological polar surface area (TPSA) is 42.4 Å². The molecule has 0 N–H and O–H groups in total. The summed E-state index contributed by atoms with van der Waals surface area (Å²) in [5.74, 6) is 1.16. The monoisotopic (exact) mass is 298 g/mol. The summed E-state index contributed by atoms with van der Waals surface area (Å²) in [6.07, 6.45) is 4.03. The number of nitrogens with zero attached hydrogens (tertiary/aromatic N) is 2. The van der Waals surface area contributed by atoms with Gasteiger partial charge in [-0.25, -0.2) is 0 Å². The highest BCUT2D eigenvalue weighted by molar-refractivity contribution is 5.93. The van der Waals surface area contributed by atoms with Gasteiger partial charge in [0.05, 0.1) is 13.7 Å².